The maximum Gasteiger partial charge on any atom is 0.337 e. The van der Waals surface area contributed by atoms with Crippen molar-refractivity contribution < 1.29 is 32.2 Å². The monoisotopic (exact) mass is 476 g/mol. The largest absolute Gasteiger partial charge is 0.496 e. The van der Waals surface area contributed by atoms with Gasteiger partial charge in [-0.2, -0.15) is 0 Å². The summed E-state index contributed by atoms with van der Waals surface area (Å²) in [5.74, 6) is -0.850. The molecule has 2 aromatic rings. The van der Waals surface area contributed by atoms with Crippen molar-refractivity contribution in [1.29, 1.82) is 0 Å². The molecule has 0 aromatic heterocycles. The van der Waals surface area contributed by atoms with Gasteiger partial charge >= 0.3 is 11.9 Å². The van der Waals surface area contributed by atoms with Crippen molar-refractivity contribution in [3.63, 3.8) is 0 Å². The lowest BCUT2D eigenvalue weighted by Gasteiger charge is -2.29. The summed E-state index contributed by atoms with van der Waals surface area (Å²) in [6.45, 7) is 1.77. The Morgan fingerprint density at radius 1 is 0.970 bits per heavy atom. The number of nitrogens with one attached hydrogen (secondary N) is 1. The van der Waals surface area contributed by atoms with Gasteiger partial charge in [0.15, 0.2) is 0 Å². The first-order chi connectivity index (χ1) is 15.8. The van der Waals surface area contributed by atoms with E-state index >= 15 is 0 Å². The molecule has 3 rings (SSSR count). The van der Waals surface area contributed by atoms with E-state index in [1.807, 2.05) is 24.3 Å². The maximum atomic E-state index is 13.2. The standard InChI is InChI=1S/C23H28N2O7S/c1-30-21-9-5-4-8-19(21)20(25-10-6-7-11-25)15-24-33(28,29)18-13-16(22(26)31-2)12-17(14-18)23(27)32-3/h4-5,8-9,12-14,20,24H,6-7,10-11,15H2,1-3H3. The Kier molecular flexibility index (Phi) is 8.06. The molecule has 178 valence electrons. The molecule has 1 saturated heterocycles. The summed E-state index contributed by atoms with van der Waals surface area (Å²) >= 11 is 0. The molecule has 9 nitrogen and oxygen atoms in total. The van der Waals surface area contributed by atoms with Crippen LogP contribution in [0.25, 0.3) is 0 Å². The zero-order chi connectivity index (χ0) is 24.0. The van der Waals surface area contributed by atoms with Crippen LogP contribution >= 0.6 is 0 Å². The van der Waals surface area contributed by atoms with E-state index in [2.05, 4.69) is 9.62 Å². The lowest BCUT2D eigenvalue weighted by Crippen LogP contribution is -2.37. The molecular weight excluding hydrogens is 448 g/mol. The van der Waals surface area contributed by atoms with Gasteiger partial charge in [-0.15, -0.1) is 0 Å². The molecule has 1 aliphatic heterocycles. The van der Waals surface area contributed by atoms with Crippen LogP contribution in [0.3, 0.4) is 0 Å². The second-order valence-electron chi connectivity index (χ2n) is 7.58. The number of esters is 2. The van der Waals surface area contributed by atoms with E-state index in [-0.39, 0.29) is 28.6 Å². The molecule has 1 unspecified atom stereocenters. The normalized spacial score (nSPS) is 15.1. The number of benzene rings is 2. The highest BCUT2D eigenvalue weighted by Crippen LogP contribution is 2.31. The number of para-hydroxylation sites is 1. The predicted molar refractivity (Wildman–Crippen MR) is 121 cm³/mol. The van der Waals surface area contributed by atoms with Crippen LogP contribution in [0.15, 0.2) is 47.4 Å². The summed E-state index contributed by atoms with van der Waals surface area (Å²) in [6, 6.07) is 10.8. The number of carbonyl (C=O) groups is 2. The van der Waals surface area contributed by atoms with Crippen LogP contribution in [-0.2, 0) is 19.5 Å². The van der Waals surface area contributed by atoms with Gasteiger partial charge < -0.3 is 14.2 Å². The highest BCUT2D eigenvalue weighted by atomic mass is 32.2. The Bertz CT molecular complexity index is 1080. The quantitative estimate of drug-likeness (QED) is 0.549. The molecule has 0 spiro atoms. The number of rotatable bonds is 9. The van der Waals surface area contributed by atoms with Crippen molar-refractivity contribution in [3.8, 4) is 5.75 Å². The highest BCUT2D eigenvalue weighted by Gasteiger charge is 2.28. The fourth-order valence-electron chi connectivity index (χ4n) is 3.93. The number of sulfonamides is 1. The minimum absolute atomic E-state index is 0.0680. The van der Waals surface area contributed by atoms with Gasteiger partial charge in [0.2, 0.25) is 10.0 Å². The SMILES string of the molecule is COC(=O)c1cc(C(=O)OC)cc(S(=O)(=O)NCC(c2ccccc2OC)N2CCCC2)c1. The summed E-state index contributed by atoms with van der Waals surface area (Å²) in [5.41, 5.74) is 0.742. The lowest BCUT2D eigenvalue weighted by atomic mass is 10.0. The first-order valence-electron chi connectivity index (χ1n) is 10.5. The number of carbonyl (C=O) groups excluding carboxylic acids is 2. The molecule has 1 heterocycles. The number of hydrogen-bond acceptors (Lipinski definition) is 8. The topological polar surface area (TPSA) is 111 Å². The molecule has 0 radical (unpaired) electrons. The van der Waals surface area contributed by atoms with Gasteiger partial charge in [-0.05, 0) is 50.2 Å². The molecule has 1 aliphatic rings. The third-order valence-electron chi connectivity index (χ3n) is 5.61. The number of likely N-dealkylation sites (tertiary alicyclic amines) is 1. The number of methoxy groups -OCH3 is 3. The molecule has 1 N–H and O–H groups in total. The molecule has 1 atom stereocenters. The van der Waals surface area contributed by atoms with Crippen molar-refractivity contribution in [3.05, 3.63) is 59.2 Å². The first-order valence-corrected chi connectivity index (χ1v) is 12.0. The van der Waals surface area contributed by atoms with Gasteiger partial charge in [0.25, 0.3) is 0 Å². The second kappa shape index (κ2) is 10.8. The van der Waals surface area contributed by atoms with Gasteiger partial charge in [-0.1, -0.05) is 18.2 Å². The van der Waals surface area contributed by atoms with Gasteiger partial charge in [0.05, 0.1) is 43.4 Å². The lowest BCUT2D eigenvalue weighted by molar-refractivity contribution is 0.0598. The Hall–Kier alpha value is -2.95. The number of hydrogen-bond donors (Lipinski definition) is 1. The van der Waals surface area contributed by atoms with E-state index in [9.17, 15) is 18.0 Å². The maximum absolute atomic E-state index is 13.2. The molecular formula is C23H28N2O7S. The van der Waals surface area contributed by atoms with Crippen LogP contribution in [0.5, 0.6) is 5.75 Å². The molecule has 0 aliphatic carbocycles. The first kappa shape index (κ1) is 24.7. The van der Waals surface area contributed by atoms with Gasteiger partial charge in [-0.25, -0.2) is 22.7 Å². The van der Waals surface area contributed by atoms with Gasteiger partial charge in [0.1, 0.15) is 5.75 Å². The average Bonchev–Trinajstić information content (AvgIpc) is 3.37. The number of nitrogens with zero attached hydrogens (tertiary/aromatic N) is 1. The van der Waals surface area contributed by atoms with Crippen LogP contribution in [0, 0.1) is 0 Å². The summed E-state index contributed by atoms with van der Waals surface area (Å²) in [5, 5.41) is 0. The smallest absolute Gasteiger partial charge is 0.337 e. The second-order valence-corrected chi connectivity index (χ2v) is 9.35. The van der Waals surface area contributed by atoms with Crippen molar-refractivity contribution in [2.45, 2.75) is 23.8 Å². The van der Waals surface area contributed by atoms with Crippen LogP contribution in [-0.4, -0.2) is 66.2 Å². The van der Waals surface area contributed by atoms with Crippen LogP contribution in [0.2, 0.25) is 0 Å². The summed E-state index contributed by atoms with van der Waals surface area (Å²) in [7, 11) is -0.146. The summed E-state index contributed by atoms with van der Waals surface area (Å²) in [6.07, 6.45) is 2.06. The highest BCUT2D eigenvalue weighted by molar-refractivity contribution is 7.89. The van der Waals surface area contributed by atoms with Crippen molar-refractivity contribution in [1.82, 2.24) is 9.62 Å². The Balaban J connectivity index is 1.93. The zero-order valence-electron chi connectivity index (χ0n) is 18.9. The molecule has 33 heavy (non-hydrogen) atoms. The van der Waals surface area contributed by atoms with Gasteiger partial charge in [0, 0.05) is 12.1 Å². The van der Waals surface area contributed by atoms with Gasteiger partial charge in [-0.3, -0.25) is 4.90 Å². The van der Waals surface area contributed by atoms with E-state index in [0.717, 1.165) is 31.5 Å². The molecule has 0 bridgehead atoms. The third kappa shape index (κ3) is 5.70. The van der Waals surface area contributed by atoms with E-state index in [1.54, 1.807) is 7.11 Å². The van der Waals surface area contributed by atoms with E-state index in [4.69, 9.17) is 14.2 Å². The number of ether oxygens (including phenoxy) is 3. The fourth-order valence-corrected chi connectivity index (χ4v) is 5.04. The van der Waals surface area contributed by atoms with E-state index < -0.39 is 22.0 Å². The minimum atomic E-state index is -4.07. The average molecular weight is 477 g/mol. The third-order valence-corrected chi connectivity index (χ3v) is 7.01. The minimum Gasteiger partial charge on any atom is -0.496 e. The summed E-state index contributed by atoms with van der Waals surface area (Å²) in [4.78, 5) is 26.1. The molecule has 1 fully saturated rings. The van der Waals surface area contributed by atoms with Crippen molar-refractivity contribution >= 4 is 22.0 Å². The molecule has 2 aromatic carbocycles. The summed E-state index contributed by atoms with van der Waals surface area (Å²) < 4.78 is 43.9. The van der Waals surface area contributed by atoms with Crippen molar-refractivity contribution in [2.75, 3.05) is 41.0 Å². The zero-order valence-corrected chi connectivity index (χ0v) is 19.7. The Morgan fingerprint density at radius 2 is 1.55 bits per heavy atom. The molecule has 0 saturated carbocycles. The fraction of sp³-hybridized carbons (Fsp3) is 0.391. The molecule has 0 amide bonds. The Morgan fingerprint density at radius 3 is 2.09 bits per heavy atom. The predicted octanol–water partition coefficient (Wildman–Crippen LogP) is 2.38. The molecule has 10 heteroatoms. The Labute approximate surface area is 193 Å². The van der Waals surface area contributed by atoms with Crippen molar-refractivity contribution in [2.24, 2.45) is 0 Å². The van der Waals surface area contributed by atoms with Crippen LogP contribution < -0.4 is 9.46 Å². The van der Waals surface area contributed by atoms with E-state index in [0.29, 0.717) is 5.75 Å². The van der Waals surface area contributed by atoms with Crippen LogP contribution in [0.4, 0.5) is 0 Å². The van der Waals surface area contributed by atoms with Crippen LogP contribution in [0.1, 0.15) is 45.2 Å². The van der Waals surface area contributed by atoms with E-state index in [1.165, 1.54) is 32.4 Å².